The minimum Gasteiger partial charge on any atom is -0.368 e. The van der Waals surface area contributed by atoms with E-state index in [4.69, 9.17) is 17.3 Å². The van der Waals surface area contributed by atoms with Crippen molar-refractivity contribution < 1.29 is 27.4 Å². The minimum absolute atomic E-state index is 0.0953. The highest BCUT2D eigenvalue weighted by molar-refractivity contribution is 7.86. The highest BCUT2D eigenvalue weighted by Crippen LogP contribution is 2.31. The molecule has 0 aliphatic carbocycles. The van der Waals surface area contributed by atoms with Gasteiger partial charge in [-0.3, -0.25) is 23.5 Å². The Labute approximate surface area is 197 Å². The zero-order valence-corrected chi connectivity index (χ0v) is 19.8. The first-order valence-electron chi connectivity index (χ1n) is 9.76. The van der Waals surface area contributed by atoms with Crippen LogP contribution >= 0.6 is 11.6 Å². The molecule has 2 rings (SSSR count). The average molecular weight is 500 g/mol. The number of primary amides is 1. The van der Waals surface area contributed by atoms with Gasteiger partial charge in [-0.05, 0) is 47.9 Å². The largest absolute Gasteiger partial charge is 0.368 e. The maximum absolute atomic E-state index is 13.7. The van der Waals surface area contributed by atoms with Crippen molar-refractivity contribution in [1.29, 1.82) is 0 Å². The average Bonchev–Trinajstić information content (AvgIpc) is 2.68. The molecule has 0 saturated carbocycles. The summed E-state index contributed by atoms with van der Waals surface area (Å²) in [7, 11) is -1.96. The highest BCUT2D eigenvalue weighted by atomic mass is 35.5. The van der Waals surface area contributed by atoms with Crippen molar-refractivity contribution in [2.24, 2.45) is 11.1 Å². The van der Waals surface area contributed by atoms with Crippen LogP contribution < -0.4 is 16.0 Å². The molecule has 0 radical (unpaired) electrons. The van der Waals surface area contributed by atoms with Gasteiger partial charge in [-0.25, -0.2) is 8.78 Å². The lowest BCUT2D eigenvalue weighted by Gasteiger charge is -2.38. The first-order chi connectivity index (χ1) is 15.3. The fraction of sp³-hybridized carbons (Fsp3) is 0.318. The van der Waals surface area contributed by atoms with Crippen molar-refractivity contribution in [3.63, 3.8) is 0 Å². The number of benzene rings is 2. The zero-order chi connectivity index (χ0) is 24.9. The summed E-state index contributed by atoms with van der Waals surface area (Å²) in [6.45, 7) is 5.04. The molecule has 0 heterocycles. The Bertz CT molecular complexity index is 1070. The molecule has 178 valence electrons. The topological polar surface area (TPSA) is 110 Å². The Morgan fingerprint density at radius 1 is 1.09 bits per heavy atom. The molecule has 33 heavy (non-hydrogen) atoms. The molecule has 3 N–H and O–H groups in total. The van der Waals surface area contributed by atoms with E-state index in [9.17, 15) is 27.4 Å². The van der Waals surface area contributed by atoms with Crippen LogP contribution in [0.5, 0.6) is 0 Å². The van der Waals surface area contributed by atoms with Crippen molar-refractivity contribution in [3.8, 4) is 0 Å². The maximum Gasteiger partial charge on any atom is 0.241 e. The number of nitrogens with one attached hydrogen (secondary N) is 1. The number of nitrogens with zero attached hydrogens (tertiary/aromatic N) is 1. The van der Waals surface area contributed by atoms with Crippen LogP contribution in [0, 0.1) is 17.0 Å². The maximum atomic E-state index is 13.7. The molecule has 0 spiro atoms. The van der Waals surface area contributed by atoms with Gasteiger partial charge in [0.2, 0.25) is 17.7 Å². The van der Waals surface area contributed by atoms with E-state index in [0.717, 1.165) is 23.1 Å². The van der Waals surface area contributed by atoms with Crippen molar-refractivity contribution >= 4 is 51.5 Å². The molecule has 2 aromatic rings. The lowest BCUT2D eigenvalue weighted by atomic mass is 9.84. The third-order valence-corrected chi connectivity index (χ3v) is 5.95. The van der Waals surface area contributed by atoms with Crippen molar-refractivity contribution in [1.82, 2.24) is 0 Å². The standard InChI is InChI=1S/C22H24ClF2N3O4S/c1-22(2,3)20(21(26)31)28(15-8-9-17(25)16(23)10-15)19(30)12-33(32)11-18(29)27-14-6-4-13(24)5-7-14/h4-10,20H,11-12H2,1-3H3,(H2,26,31)(H,27,29). The number of rotatable bonds is 8. The molecule has 0 aliphatic rings. The van der Waals surface area contributed by atoms with Crippen molar-refractivity contribution in [2.75, 3.05) is 21.7 Å². The summed E-state index contributed by atoms with van der Waals surface area (Å²) in [4.78, 5) is 38.6. The van der Waals surface area contributed by atoms with Gasteiger partial charge >= 0.3 is 0 Å². The van der Waals surface area contributed by atoms with E-state index in [-0.39, 0.29) is 10.7 Å². The lowest BCUT2D eigenvalue weighted by molar-refractivity contribution is -0.125. The van der Waals surface area contributed by atoms with Gasteiger partial charge in [-0.2, -0.15) is 0 Å². The molecular formula is C22H24ClF2N3O4S. The van der Waals surface area contributed by atoms with Gasteiger partial charge in [0, 0.05) is 22.2 Å². The molecule has 11 heteroatoms. The molecule has 7 nitrogen and oxygen atoms in total. The Morgan fingerprint density at radius 3 is 2.21 bits per heavy atom. The SMILES string of the molecule is CC(C)(C)C(C(N)=O)N(C(=O)CS(=O)CC(=O)Nc1ccc(F)cc1)c1ccc(F)c(Cl)c1. The predicted octanol–water partition coefficient (Wildman–Crippen LogP) is 3.24. The minimum atomic E-state index is -1.96. The summed E-state index contributed by atoms with van der Waals surface area (Å²) < 4.78 is 39.2. The van der Waals surface area contributed by atoms with E-state index in [2.05, 4.69) is 5.32 Å². The van der Waals surface area contributed by atoms with Crippen LogP contribution in [-0.4, -0.2) is 39.5 Å². The van der Waals surface area contributed by atoms with E-state index in [1.54, 1.807) is 20.8 Å². The molecule has 0 aromatic heterocycles. The summed E-state index contributed by atoms with van der Waals surface area (Å²) in [5.41, 5.74) is 5.13. The van der Waals surface area contributed by atoms with Gasteiger partial charge in [-0.15, -0.1) is 0 Å². The summed E-state index contributed by atoms with van der Waals surface area (Å²) >= 11 is 5.86. The molecule has 2 aromatic carbocycles. The number of hydrogen-bond acceptors (Lipinski definition) is 4. The van der Waals surface area contributed by atoms with Crippen LogP contribution in [0.1, 0.15) is 20.8 Å². The third-order valence-electron chi connectivity index (χ3n) is 4.50. The van der Waals surface area contributed by atoms with Crippen LogP contribution in [-0.2, 0) is 25.2 Å². The first kappa shape index (κ1) is 26.4. The molecule has 2 atom stereocenters. The van der Waals surface area contributed by atoms with Gasteiger partial charge in [0.05, 0.1) is 5.02 Å². The van der Waals surface area contributed by atoms with Crippen LogP contribution in [0.3, 0.4) is 0 Å². The molecule has 0 saturated heterocycles. The van der Waals surface area contributed by atoms with Crippen LogP contribution in [0.4, 0.5) is 20.2 Å². The Balaban J connectivity index is 2.23. The molecule has 2 unspecified atom stereocenters. The Hall–Kier alpha value is -2.85. The summed E-state index contributed by atoms with van der Waals surface area (Å²) in [6.07, 6.45) is 0. The smallest absolute Gasteiger partial charge is 0.241 e. The van der Waals surface area contributed by atoms with Crippen molar-refractivity contribution in [3.05, 3.63) is 59.1 Å². The summed E-state index contributed by atoms with van der Waals surface area (Å²) in [6, 6.07) is 7.26. The van der Waals surface area contributed by atoms with E-state index in [1.807, 2.05) is 0 Å². The summed E-state index contributed by atoms with van der Waals surface area (Å²) in [5, 5.41) is 2.18. The molecule has 0 fully saturated rings. The highest BCUT2D eigenvalue weighted by Gasteiger charge is 2.39. The number of halogens is 3. The van der Waals surface area contributed by atoms with E-state index < -0.39 is 63.1 Å². The quantitative estimate of drug-likeness (QED) is 0.581. The van der Waals surface area contributed by atoms with Gasteiger partial charge in [-0.1, -0.05) is 32.4 Å². The fourth-order valence-corrected chi connectivity index (χ4v) is 4.20. The monoisotopic (exact) mass is 499 g/mol. The lowest BCUT2D eigenvalue weighted by Crippen LogP contribution is -2.56. The number of amides is 3. The Kier molecular flexibility index (Phi) is 8.68. The Morgan fingerprint density at radius 2 is 1.70 bits per heavy atom. The van der Waals surface area contributed by atoms with E-state index >= 15 is 0 Å². The molecule has 0 bridgehead atoms. The van der Waals surface area contributed by atoms with Gasteiger partial charge in [0.1, 0.15) is 29.2 Å². The number of carbonyl (C=O) groups excluding carboxylic acids is 3. The molecule has 0 aliphatic heterocycles. The predicted molar refractivity (Wildman–Crippen MR) is 124 cm³/mol. The summed E-state index contributed by atoms with van der Waals surface area (Å²) in [5.74, 6) is -4.55. The van der Waals surface area contributed by atoms with E-state index in [1.165, 1.54) is 24.3 Å². The first-order valence-corrected chi connectivity index (χ1v) is 11.6. The number of hydrogen-bond donors (Lipinski definition) is 2. The zero-order valence-electron chi connectivity index (χ0n) is 18.2. The number of nitrogens with two attached hydrogens (primary N) is 1. The van der Waals surface area contributed by atoms with Crippen LogP contribution in [0.15, 0.2) is 42.5 Å². The second-order valence-corrected chi connectivity index (χ2v) is 10.2. The van der Waals surface area contributed by atoms with Gasteiger partial charge < -0.3 is 11.1 Å². The third kappa shape index (κ3) is 7.33. The van der Waals surface area contributed by atoms with Crippen molar-refractivity contribution in [2.45, 2.75) is 26.8 Å². The van der Waals surface area contributed by atoms with Crippen LogP contribution in [0.25, 0.3) is 0 Å². The second-order valence-electron chi connectivity index (χ2n) is 8.32. The van der Waals surface area contributed by atoms with Crippen LogP contribution in [0.2, 0.25) is 5.02 Å². The second kappa shape index (κ2) is 10.8. The number of carbonyl (C=O) groups is 3. The van der Waals surface area contributed by atoms with E-state index in [0.29, 0.717) is 5.69 Å². The van der Waals surface area contributed by atoms with Gasteiger partial charge in [0.15, 0.2) is 0 Å². The fourth-order valence-electron chi connectivity index (χ4n) is 3.15. The van der Waals surface area contributed by atoms with Gasteiger partial charge in [0.25, 0.3) is 0 Å². The molecule has 3 amide bonds. The normalized spacial score (nSPS) is 13.2. The molecular weight excluding hydrogens is 476 g/mol. The number of anilines is 2.